The Hall–Kier alpha value is -1.22. The van der Waals surface area contributed by atoms with Crippen molar-refractivity contribution in [3.05, 3.63) is 34.4 Å². The van der Waals surface area contributed by atoms with Crippen LogP contribution >= 0.6 is 11.8 Å². The number of fused-ring (bicyclic) bond motifs is 3. The Labute approximate surface area is 112 Å². The molecule has 1 aromatic rings. The number of carbonyl (C=O) groups is 1. The number of anilines is 1. The Morgan fingerprint density at radius 1 is 1.44 bits per heavy atom. The van der Waals surface area contributed by atoms with Gasteiger partial charge in [-0.05, 0) is 50.3 Å². The fourth-order valence-corrected chi connectivity index (χ4v) is 4.12. The molecule has 0 amide bonds. The van der Waals surface area contributed by atoms with Crippen LogP contribution in [0.1, 0.15) is 31.4 Å². The van der Waals surface area contributed by atoms with Crippen LogP contribution in [0.5, 0.6) is 0 Å². The van der Waals surface area contributed by atoms with Gasteiger partial charge in [-0.1, -0.05) is 17.8 Å². The van der Waals surface area contributed by atoms with E-state index in [1.54, 1.807) is 24.8 Å². The summed E-state index contributed by atoms with van der Waals surface area (Å²) in [5.41, 5.74) is 4.37. The van der Waals surface area contributed by atoms with Gasteiger partial charge in [0.2, 0.25) is 0 Å². The lowest BCUT2D eigenvalue weighted by Gasteiger charge is -2.20. The van der Waals surface area contributed by atoms with Gasteiger partial charge in [-0.25, -0.2) is 0 Å². The quantitative estimate of drug-likeness (QED) is 0.758. The van der Waals surface area contributed by atoms with Gasteiger partial charge in [-0.15, -0.1) is 0 Å². The molecule has 0 unspecified atom stereocenters. The minimum atomic E-state index is 0.125. The summed E-state index contributed by atoms with van der Waals surface area (Å²) >= 11 is 1.73. The molecule has 1 aromatic carbocycles. The third-order valence-electron chi connectivity index (χ3n) is 3.61. The lowest BCUT2D eigenvalue weighted by Crippen LogP contribution is -2.18. The molecule has 0 saturated heterocycles. The van der Waals surface area contributed by atoms with Crippen LogP contribution in [-0.4, -0.2) is 12.3 Å². The topological polar surface area (TPSA) is 20.3 Å². The van der Waals surface area contributed by atoms with Gasteiger partial charge in [0.1, 0.15) is 0 Å². The molecule has 0 N–H and O–H groups in total. The maximum atomic E-state index is 11.3. The van der Waals surface area contributed by atoms with Crippen molar-refractivity contribution in [3.63, 3.8) is 0 Å². The summed E-state index contributed by atoms with van der Waals surface area (Å²) in [5.74, 6) is 0.125. The zero-order chi connectivity index (χ0) is 12.7. The Balaban J connectivity index is 2.11. The number of ketones is 1. The van der Waals surface area contributed by atoms with Gasteiger partial charge in [0.25, 0.3) is 0 Å². The second kappa shape index (κ2) is 4.47. The van der Waals surface area contributed by atoms with Crippen LogP contribution in [0.25, 0.3) is 0 Å². The number of benzene rings is 1. The molecule has 0 bridgehead atoms. The number of thioether (sulfide) groups is 1. The van der Waals surface area contributed by atoms with Crippen LogP contribution < -0.4 is 4.90 Å². The van der Waals surface area contributed by atoms with Crippen molar-refractivity contribution in [3.8, 4) is 0 Å². The molecule has 3 heteroatoms. The Kier molecular flexibility index (Phi) is 2.94. The highest BCUT2D eigenvalue weighted by Gasteiger charge is 2.29. The SMILES string of the molecule is CCN1/C(=C/C(C)=O)Sc2ccc3c(c21)CCC3. The van der Waals surface area contributed by atoms with E-state index in [1.165, 1.54) is 41.0 Å². The maximum Gasteiger partial charge on any atom is 0.155 e. The third kappa shape index (κ3) is 1.77. The molecule has 1 aliphatic heterocycles. The highest BCUT2D eigenvalue weighted by Crippen LogP contribution is 2.50. The summed E-state index contributed by atoms with van der Waals surface area (Å²) in [6.45, 7) is 4.70. The molecule has 18 heavy (non-hydrogen) atoms. The first kappa shape index (κ1) is 11.8. The van der Waals surface area contributed by atoms with Gasteiger partial charge >= 0.3 is 0 Å². The Morgan fingerprint density at radius 2 is 2.28 bits per heavy atom. The van der Waals surface area contributed by atoms with Crippen molar-refractivity contribution in [1.29, 1.82) is 0 Å². The molecule has 0 spiro atoms. The average molecular weight is 259 g/mol. The van der Waals surface area contributed by atoms with E-state index >= 15 is 0 Å². The lowest BCUT2D eigenvalue weighted by atomic mass is 10.1. The molecule has 2 aliphatic rings. The van der Waals surface area contributed by atoms with Crippen LogP contribution in [0, 0.1) is 0 Å². The van der Waals surface area contributed by atoms with E-state index in [1.807, 2.05) is 0 Å². The highest BCUT2D eigenvalue weighted by atomic mass is 32.2. The van der Waals surface area contributed by atoms with Crippen molar-refractivity contribution in [2.24, 2.45) is 0 Å². The van der Waals surface area contributed by atoms with Crippen LogP contribution in [-0.2, 0) is 17.6 Å². The van der Waals surface area contributed by atoms with Crippen LogP contribution in [0.2, 0.25) is 0 Å². The number of nitrogens with zero attached hydrogens (tertiary/aromatic N) is 1. The van der Waals surface area contributed by atoms with Gasteiger partial charge in [-0.3, -0.25) is 4.79 Å². The fourth-order valence-electron chi connectivity index (χ4n) is 2.88. The first-order valence-electron chi connectivity index (χ1n) is 6.53. The predicted octanol–water partition coefficient (Wildman–Crippen LogP) is 3.54. The second-order valence-electron chi connectivity index (χ2n) is 4.84. The number of aryl methyl sites for hydroxylation is 1. The smallest absolute Gasteiger partial charge is 0.155 e. The van der Waals surface area contributed by atoms with Crippen molar-refractivity contribution >= 4 is 23.2 Å². The van der Waals surface area contributed by atoms with E-state index in [9.17, 15) is 4.79 Å². The molecule has 1 heterocycles. The average Bonchev–Trinajstić information content (AvgIpc) is 2.89. The van der Waals surface area contributed by atoms with Crippen molar-refractivity contribution in [2.45, 2.75) is 38.0 Å². The predicted molar refractivity (Wildman–Crippen MR) is 76.1 cm³/mol. The van der Waals surface area contributed by atoms with E-state index in [4.69, 9.17) is 0 Å². The minimum absolute atomic E-state index is 0.125. The summed E-state index contributed by atoms with van der Waals surface area (Å²) in [6.07, 6.45) is 5.41. The number of rotatable bonds is 2. The van der Waals surface area contributed by atoms with Gasteiger partial charge in [0, 0.05) is 17.5 Å². The first-order chi connectivity index (χ1) is 8.70. The van der Waals surface area contributed by atoms with E-state index in [2.05, 4.69) is 24.0 Å². The molecule has 94 valence electrons. The molecule has 1 aliphatic carbocycles. The van der Waals surface area contributed by atoms with Gasteiger partial charge < -0.3 is 4.90 Å². The normalized spacial score (nSPS) is 19.2. The van der Waals surface area contributed by atoms with Crippen molar-refractivity contribution in [1.82, 2.24) is 0 Å². The van der Waals surface area contributed by atoms with Gasteiger partial charge in [0.05, 0.1) is 10.7 Å². The number of carbonyl (C=O) groups excluding carboxylic acids is 1. The molecule has 0 aromatic heterocycles. The lowest BCUT2D eigenvalue weighted by molar-refractivity contribution is -0.112. The molecule has 2 nitrogen and oxygen atoms in total. The van der Waals surface area contributed by atoms with Crippen molar-refractivity contribution in [2.75, 3.05) is 11.4 Å². The monoisotopic (exact) mass is 259 g/mol. The number of allylic oxidation sites excluding steroid dienone is 1. The van der Waals surface area contributed by atoms with E-state index in [0.29, 0.717) is 0 Å². The summed E-state index contributed by atoms with van der Waals surface area (Å²) in [7, 11) is 0. The van der Waals surface area contributed by atoms with Crippen LogP contribution in [0.3, 0.4) is 0 Å². The van der Waals surface area contributed by atoms with Crippen LogP contribution in [0.15, 0.2) is 28.1 Å². The number of hydrogen-bond acceptors (Lipinski definition) is 3. The van der Waals surface area contributed by atoms with Crippen molar-refractivity contribution < 1.29 is 4.79 Å². The standard InChI is InChI=1S/C15H17NOS/c1-3-16-14(9-10(2)17)18-13-8-7-11-5-4-6-12(11)15(13)16/h7-9H,3-6H2,1-2H3/b14-9-. The fraction of sp³-hybridized carbons (Fsp3) is 0.400. The number of hydrogen-bond donors (Lipinski definition) is 0. The zero-order valence-corrected chi connectivity index (χ0v) is 11.6. The molecule has 0 radical (unpaired) electrons. The molecule has 3 rings (SSSR count). The molecular weight excluding hydrogens is 242 g/mol. The minimum Gasteiger partial charge on any atom is -0.335 e. The highest BCUT2D eigenvalue weighted by molar-refractivity contribution is 8.03. The summed E-state index contributed by atoms with van der Waals surface area (Å²) in [6, 6.07) is 4.48. The summed E-state index contributed by atoms with van der Waals surface area (Å²) < 4.78 is 0. The van der Waals surface area contributed by atoms with E-state index < -0.39 is 0 Å². The Morgan fingerprint density at radius 3 is 3.00 bits per heavy atom. The van der Waals surface area contributed by atoms with E-state index in [-0.39, 0.29) is 5.78 Å². The second-order valence-corrected chi connectivity index (χ2v) is 5.91. The first-order valence-corrected chi connectivity index (χ1v) is 7.34. The molecule has 0 saturated carbocycles. The Bertz CT molecular complexity index is 548. The summed E-state index contributed by atoms with van der Waals surface area (Å²) in [4.78, 5) is 14.9. The van der Waals surface area contributed by atoms with Gasteiger partial charge in [-0.2, -0.15) is 0 Å². The maximum absolute atomic E-state index is 11.3. The third-order valence-corrected chi connectivity index (χ3v) is 4.71. The van der Waals surface area contributed by atoms with Gasteiger partial charge in [0.15, 0.2) is 5.78 Å². The molecule has 0 fully saturated rings. The van der Waals surface area contributed by atoms with Crippen LogP contribution in [0.4, 0.5) is 5.69 Å². The summed E-state index contributed by atoms with van der Waals surface area (Å²) in [5, 5.41) is 1.08. The molecular formula is C15H17NOS. The zero-order valence-electron chi connectivity index (χ0n) is 10.8. The molecule has 0 atom stereocenters. The van der Waals surface area contributed by atoms with E-state index in [0.717, 1.165) is 11.6 Å². The largest absolute Gasteiger partial charge is 0.335 e.